The molecule has 166 valence electrons. The highest BCUT2D eigenvalue weighted by Gasteiger charge is 2.25. The van der Waals surface area contributed by atoms with Crippen molar-refractivity contribution in [2.24, 2.45) is 5.73 Å². The van der Waals surface area contributed by atoms with Gasteiger partial charge in [-0.25, -0.2) is 13.4 Å². The highest BCUT2D eigenvalue weighted by Crippen LogP contribution is 2.31. The van der Waals surface area contributed by atoms with Crippen LogP contribution in [0.3, 0.4) is 0 Å². The molecule has 1 aromatic carbocycles. The van der Waals surface area contributed by atoms with Crippen LogP contribution in [0.15, 0.2) is 24.4 Å². The second-order valence-electron chi connectivity index (χ2n) is 7.68. The average Bonchev–Trinajstić information content (AvgIpc) is 3.51. The Bertz CT molecular complexity index is 1100. The van der Waals surface area contributed by atoms with E-state index in [0.717, 1.165) is 18.5 Å². The average molecular weight is 466 g/mol. The van der Waals surface area contributed by atoms with Gasteiger partial charge >= 0.3 is 0 Å². The third-order valence-electron chi connectivity index (χ3n) is 5.22. The first-order chi connectivity index (χ1) is 14.7. The van der Waals surface area contributed by atoms with E-state index >= 15 is 0 Å². The van der Waals surface area contributed by atoms with Crippen molar-refractivity contribution in [1.82, 2.24) is 14.3 Å². The van der Waals surface area contributed by atoms with Gasteiger partial charge in [-0.05, 0) is 31.0 Å². The van der Waals surface area contributed by atoms with Crippen LogP contribution in [0, 0.1) is 0 Å². The summed E-state index contributed by atoms with van der Waals surface area (Å²) in [5, 5.41) is 6.83. The van der Waals surface area contributed by atoms with Crippen molar-refractivity contribution in [1.29, 1.82) is 0 Å². The molecule has 31 heavy (non-hydrogen) atoms. The summed E-state index contributed by atoms with van der Waals surface area (Å²) >= 11 is 6.50. The quantitative estimate of drug-likeness (QED) is 0.561. The summed E-state index contributed by atoms with van der Waals surface area (Å²) in [6, 6.07) is 5.79. The molecule has 1 saturated heterocycles. The largest absolute Gasteiger partial charge is 0.368 e. The van der Waals surface area contributed by atoms with E-state index in [9.17, 15) is 13.2 Å². The predicted molar refractivity (Wildman–Crippen MR) is 121 cm³/mol. The summed E-state index contributed by atoms with van der Waals surface area (Å²) in [6.07, 6.45) is 4.68. The van der Waals surface area contributed by atoms with E-state index in [0.29, 0.717) is 54.7 Å². The minimum absolute atomic E-state index is 0.249. The Labute approximate surface area is 185 Å². The summed E-state index contributed by atoms with van der Waals surface area (Å²) in [5.74, 6) is 0.149. The van der Waals surface area contributed by atoms with Crippen molar-refractivity contribution in [2.45, 2.75) is 18.9 Å². The number of benzene rings is 1. The third-order valence-corrected chi connectivity index (χ3v) is 6.83. The number of primary amides is 1. The molecule has 2 aliphatic rings. The highest BCUT2D eigenvalue weighted by atomic mass is 35.5. The van der Waals surface area contributed by atoms with Gasteiger partial charge in [0.15, 0.2) is 0 Å². The highest BCUT2D eigenvalue weighted by molar-refractivity contribution is 7.88. The molecule has 0 unspecified atom stereocenters. The van der Waals surface area contributed by atoms with Crippen LogP contribution in [-0.2, 0) is 10.0 Å². The number of anilines is 4. The molecule has 1 aromatic heterocycles. The van der Waals surface area contributed by atoms with Gasteiger partial charge in [-0.15, -0.1) is 0 Å². The third kappa shape index (κ3) is 5.17. The monoisotopic (exact) mass is 465 g/mol. The predicted octanol–water partition coefficient (Wildman–Crippen LogP) is 1.63. The molecule has 2 fully saturated rings. The van der Waals surface area contributed by atoms with Gasteiger partial charge < -0.3 is 21.3 Å². The van der Waals surface area contributed by atoms with Crippen molar-refractivity contribution in [2.75, 3.05) is 48.0 Å². The number of nitrogens with zero attached hydrogens (tertiary/aromatic N) is 4. The van der Waals surface area contributed by atoms with E-state index in [4.69, 9.17) is 17.3 Å². The van der Waals surface area contributed by atoms with Crippen molar-refractivity contribution in [3.05, 3.63) is 35.0 Å². The smallest absolute Gasteiger partial charge is 0.254 e. The Morgan fingerprint density at radius 2 is 1.94 bits per heavy atom. The summed E-state index contributed by atoms with van der Waals surface area (Å²) < 4.78 is 24.8. The number of hydrogen-bond donors (Lipinski definition) is 3. The molecule has 0 radical (unpaired) electrons. The number of halogens is 1. The van der Waals surface area contributed by atoms with Gasteiger partial charge in [-0.2, -0.15) is 9.29 Å². The van der Waals surface area contributed by atoms with Crippen LogP contribution >= 0.6 is 11.6 Å². The topological polar surface area (TPSA) is 134 Å². The van der Waals surface area contributed by atoms with E-state index in [-0.39, 0.29) is 5.56 Å². The van der Waals surface area contributed by atoms with Crippen LogP contribution in [-0.4, -0.2) is 67.1 Å². The molecule has 4 rings (SSSR count). The van der Waals surface area contributed by atoms with Crippen LogP contribution < -0.4 is 21.3 Å². The van der Waals surface area contributed by atoms with Gasteiger partial charge in [0.25, 0.3) is 5.91 Å². The fourth-order valence-electron chi connectivity index (χ4n) is 3.38. The van der Waals surface area contributed by atoms with Crippen LogP contribution in [0.25, 0.3) is 0 Å². The number of piperazine rings is 1. The standard InChI is InChI=1S/C19H24ClN7O3S/c1-31(29,30)27-8-6-26(7-9-27)16-5-4-13(10-15(16)20)24-19-22-11-14(17(21)28)18(25-19)23-12-2-3-12/h4-5,10-12H,2-3,6-9H2,1H3,(H2,21,28)(H2,22,23,24,25). The number of hydrogen-bond acceptors (Lipinski definition) is 8. The summed E-state index contributed by atoms with van der Waals surface area (Å²) in [4.78, 5) is 22.3. The maximum Gasteiger partial charge on any atom is 0.254 e. The molecule has 1 aliphatic carbocycles. The molecule has 12 heteroatoms. The van der Waals surface area contributed by atoms with E-state index in [2.05, 4.69) is 25.5 Å². The second-order valence-corrected chi connectivity index (χ2v) is 10.1. The molecule has 1 aliphatic heterocycles. The van der Waals surface area contributed by atoms with Gasteiger partial charge in [0.05, 0.1) is 22.5 Å². The van der Waals surface area contributed by atoms with Gasteiger partial charge in [0.2, 0.25) is 16.0 Å². The zero-order valence-corrected chi connectivity index (χ0v) is 18.6. The lowest BCUT2D eigenvalue weighted by molar-refractivity contribution is 0.100. The molecule has 2 aromatic rings. The van der Waals surface area contributed by atoms with Gasteiger partial charge in [-0.3, -0.25) is 4.79 Å². The summed E-state index contributed by atoms with van der Waals surface area (Å²) in [7, 11) is -3.18. The Hall–Kier alpha value is -2.63. The fourth-order valence-corrected chi connectivity index (χ4v) is 4.51. The molecular formula is C19H24ClN7O3S. The number of aromatic nitrogens is 2. The minimum Gasteiger partial charge on any atom is -0.368 e. The molecule has 1 amide bonds. The van der Waals surface area contributed by atoms with E-state index in [1.165, 1.54) is 16.8 Å². The van der Waals surface area contributed by atoms with Gasteiger partial charge in [0, 0.05) is 44.1 Å². The van der Waals surface area contributed by atoms with Crippen molar-refractivity contribution < 1.29 is 13.2 Å². The summed E-state index contributed by atoms with van der Waals surface area (Å²) in [6.45, 7) is 1.97. The minimum atomic E-state index is -3.18. The maximum absolute atomic E-state index is 11.7. The Balaban J connectivity index is 1.47. The van der Waals surface area contributed by atoms with Crippen LogP contribution in [0.2, 0.25) is 5.02 Å². The zero-order chi connectivity index (χ0) is 22.2. The molecule has 0 bridgehead atoms. The second kappa shape index (κ2) is 8.48. The van der Waals surface area contributed by atoms with E-state index in [1.807, 2.05) is 12.1 Å². The van der Waals surface area contributed by atoms with E-state index in [1.54, 1.807) is 6.07 Å². The van der Waals surface area contributed by atoms with Gasteiger partial charge in [0.1, 0.15) is 5.82 Å². The van der Waals surface area contributed by atoms with E-state index < -0.39 is 15.9 Å². The fraction of sp³-hybridized carbons (Fsp3) is 0.421. The van der Waals surface area contributed by atoms with Crippen molar-refractivity contribution >= 4 is 50.7 Å². The van der Waals surface area contributed by atoms with Crippen molar-refractivity contribution in [3.63, 3.8) is 0 Å². The number of nitrogens with one attached hydrogen (secondary N) is 2. The number of carbonyl (C=O) groups is 1. The Kier molecular flexibility index (Phi) is 5.91. The first-order valence-corrected chi connectivity index (χ1v) is 12.1. The lowest BCUT2D eigenvalue weighted by atomic mass is 10.2. The molecule has 1 saturated carbocycles. The molecule has 2 heterocycles. The number of carbonyl (C=O) groups excluding carboxylic acids is 1. The van der Waals surface area contributed by atoms with Crippen LogP contribution in [0.5, 0.6) is 0 Å². The first-order valence-electron chi connectivity index (χ1n) is 9.91. The number of amides is 1. The number of nitrogens with two attached hydrogens (primary N) is 1. The SMILES string of the molecule is CS(=O)(=O)N1CCN(c2ccc(Nc3ncc(C(N)=O)c(NC4CC4)n3)cc2Cl)CC1. The molecule has 0 spiro atoms. The first kappa shape index (κ1) is 21.6. The number of rotatable bonds is 7. The zero-order valence-electron chi connectivity index (χ0n) is 17.0. The van der Waals surface area contributed by atoms with Gasteiger partial charge in [-0.1, -0.05) is 11.6 Å². The molecule has 0 atom stereocenters. The molecule has 4 N–H and O–H groups in total. The lowest BCUT2D eigenvalue weighted by Crippen LogP contribution is -2.48. The normalized spacial score (nSPS) is 17.4. The maximum atomic E-state index is 11.7. The Morgan fingerprint density at radius 1 is 1.23 bits per heavy atom. The summed E-state index contributed by atoms with van der Waals surface area (Å²) in [5.41, 5.74) is 7.19. The van der Waals surface area contributed by atoms with Crippen LogP contribution in [0.4, 0.5) is 23.1 Å². The Morgan fingerprint density at radius 3 is 2.52 bits per heavy atom. The number of sulfonamides is 1. The van der Waals surface area contributed by atoms with Crippen molar-refractivity contribution in [3.8, 4) is 0 Å². The van der Waals surface area contributed by atoms with Crippen LogP contribution in [0.1, 0.15) is 23.2 Å². The molecule has 10 nitrogen and oxygen atoms in total. The lowest BCUT2D eigenvalue weighted by Gasteiger charge is -2.35. The molecular weight excluding hydrogens is 442 g/mol.